The van der Waals surface area contributed by atoms with Crippen molar-refractivity contribution in [1.82, 2.24) is 9.55 Å². The van der Waals surface area contributed by atoms with Gasteiger partial charge in [0, 0.05) is 4.88 Å². The second-order valence-electron chi connectivity index (χ2n) is 6.35. The van der Waals surface area contributed by atoms with Crippen molar-refractivity contribution in [2.24, 2.45) is 0 Å². The molecule has 0 saturated carbocycles. The largest absolute Gasteiger partial charge is 0.491 e. The highest BCUT2D eigenvalue weighted by Gasteiger charge is 2.21. The summed E-state index contributed by atoms with van der Waals surface area (Å²) in [5.41, 5.74) is 3.54. The van der Waals surface area contributed by atoms with Gasteiger partial charge in [-0.15, -0.1) is 11.3 Å². The van der Waals surface area contributed by atoms with E-state index in [4.69, 9.17) is 4.74 Å². The molecule has 0 aliphatic heterocycles. The van der Waals surface area contributed by atoms with Gasteiger partial charge in [0.15, 0.2) is 0 Å². The number of ether oxygens (including phenoxy) is 1. The molecule has 4 rings (SSSR count). The van der Waals surface area contributed by atoms with Crippen molar-refractivity contribution in [2.45, 2.75) is 39.7 Å². The highest BCUT2D eigenvalue weighted by molar-refractivity contribution is 7.18. The van der Waals surface area contributed by atoms with Crippen molar-refractivity contribution < 1.29 is 4.74 Å². The fourth-order valence-corrected chi connectivity index (χ4v) is 4.67. The zero-order chi connectivity index (χ0) is 16.7. The highest BCUT2D eigenvalue weighted by Crippen LogP contribution is 2.34. The van der Waals surface area contributed by atoms with E-state index in [1.54, 1.807) is 22.2 Å². The molecule has 0 fully saturated rings. The lowest BCUT2D eigenvalue weighted by atomic mass is 10.1. The van der Waals surface area contributed by atoms with Gasteiger partial charge in [-0.25, -0.2) is 4.98 Å². The van der Waals surface area contributed by atoms with Crippen LogP contribution >= 0.6 is 11.3 Å². The molecule has 4 nitrogen and oxygen atoms in total. The molecular formula is C19H20N2O2S. The molecule has 24 heavy (non-hydrogen) atoms. The van der Waals surface area contributed by atoms with Crippen molar-refractivity contribution in [1.29, 1.82) is 0 Å². The van der Waals surface area contributed by atoms with Crippen LogP contribution in [0.3, 0.4) is 0 Å². The molecule has 1 aromatic carbocycles. The van der Waals surface area contributed by atoms with Gasteiger partial charge >= 0.3 is 0 Å². The minimum absolute atomic E-state index is 0.0736. The van der Waals surface area contributed by atoms with Crippen LogP contribution in [-0.4, -0.2) is 16.2 Å². The Kier molecular flexibility index (Phi) is 3.88. The third kappa shape index (κ3) is 2.53. The first-order chi connectivity index (χ1) is 11.6. The third-order valence-corrected chi connectivity index (χ3v) is 5.88. The fraction of sp³-hybridized carbons (Fsp3) is 0.368. The number of para-hydroxylation sites is 1. The fourth-order valence-electron chi connectivity index (χ4n) is 3.45. The summed E-state index contributed by atoms with van der Waals surface area (Å²) in [5.74, 6) is 0.913. The van der Waals surface area contributed by atoms with Gasteiger partial charge in [-0.05, 0) is 49.8 Å². The van der Waals surface area contributed by atoms with Crippen LogP contribution in [0.1, 0.15) is 28.0 Å². The standard InChI is InChI=1S/C19H20N2O2S/c1-12-5-3-6-13(2)17(12)23-10-9-21-11-20-18-16(19(21)22)14-7-4-8-15(14)24-18/h3,5-6,11H,4,7-10H2,1-2H3. The van der Waals surface area contributed by atoms with Crippen LogP contribution in [0.15, 0.2) is 29.3 Å². The highest BCUT2D eigenvalue weighted by atomic mass is 32.1. The molecule has 0 saturated heterocycles. The Labute approximate surface area is 144 Å². The summed E-state index contributed by atoms with van der Waals surface area (Å²) < 4.78 is 7.61. The van der Waals surface area contributed by atoms with E-state index in [0.29, 0.717) is 13.2 Å². The summed E-state index contributed by atoms with van der Waals surface area (Å²) in [4.78, 5) is 19.5. The van der Waals surface area contributed by atoms with Crippen molar-refractivity contribution in [3.05, 3.63) is 56.4 Å². The van der Waals surface area contributed by atoms with Crippen LogP contribution < -0.4 is 10.3 Å². The molecule has 3 aromatic rings. The first kappa shape index (κ1) is 15.4. The predicted molar refractivity (Wildman–Crippen MR) is 97.3 cm³/mol. The SMILES string of the molecule is Cc1cccc(C)c1OCCn1cnc2sc3c(c2c1=O)CCC3. The molecule has 0 unspecified atom stereocenters. The zero-order valence-electron chi connectivity index (χ0n) is 14.0. The second kappa shape index (κ2) is 6.06. The minimum atomic E-state index is 0.0736. The molecule has 0 spiro atoms. The van der Waals surface area contributed by atoms with E-state index in [1.165, 1.54) is 10.4 Å². The second-order valence-corrected chi connectivity index (χ2v) is 7.43. The average Bonchev–Trinajstić information content (AvgIpc) is 3.13. The number of nitrogens with zero attached hydrogens (tertiary/aromatic N) is 2. The number of aryl methyl sites for hydroxylation is 4. The van der Waals surface area contributed by atoms with Crippen LogP contribution in [0.5, 0.6) is 5.75 Å². The summed E-state index contributed by atoms with van der Waals surface area (Å²) in [6.45, 7) is 5.05. The molecule has 0 bridgehead atoms. The molecule has 2 aromatic heterocycles. The van der Waals surface area contributed by atoms with Gasteiger partial charge in [-0.1, -0.05) is 18.2 Å². The maximum absolute atomic E-state index is 12.8. The Morgan fingerprint density at radius 3 is 2.83 bits per heavy atom. The summed E-state index contributed by atoms with van der Waals surface area (Å²) >= 11 is 1.68. The molecule has 1 aliphatic carbocycles. The van der Waals surface area contributed by atoms with Crippen LogP contribution in [0.25, 0.3) is 10.2 Å². The zero-order valence-corrected chi connectivity index (χ0v) is 14.8. The van der Waals surface area contributed by atoms with Crippen LogP contribution in [0.2, 0.25) is 0 Å². The van der Waals surface area contributed by atoms with E-state index in [2.05, 4.69) is 4.98 Å². The van der Waals surface area contributed by atoms with E-state index in [1.807, 2.05) is 32.0 Å². The summed E-state index contributed by atoms with van der Waals surface area (Å²) in [6, 6.07) is 6.10. The molecule has 2 heterocycles. The Morgan fingerprint density at radius 2 is 2.04 bits per heavy atom. The lowest BCUT2D eigenvalue weighted by Crippen LogP contribution is -2.23. The third-order valence-electron chi connectivity index (χ3n) is 4.68. The van der Waals surface area contributed by atoms with Gasteiger partial charge in [-0.2, -0.15) is 0 Å². The molecule has 0 atom stereocenters. The van der Waals surface area contributed by atoms with Gasteiger partial charge in [-0.3, -0.25) is 9.36 Å². The monoisotopic (exact) mass is 340 g/mol. The number of thiophene rings is 1. The number of hydrogen-bond donors (Lipinski definition) is 0. The van der Waals surface area contributed by atoms with E-state index < -0.39 is 0 Å². The van der Waals surface area contributed by atoms with Crippen molar-refractivity contribution in [3.8, 4) is 5.75 Å². The average molecular weight is 340 g/mol. The minimum Gasteiger partial charge on any atom is -0.491 e. The summed E-state index contributed by atoms with van der Waals surface area (Å²) in [5, 5.41) is 0.835. The predicted octanol–water partition coefficient (Wildman–Crippen LogP) is 3.64. The van der Waals surface area contributed by atoms with E-state index in [9.17, 15) is 4.79 Å². The van der Waals surface area contributed by atoms with Crippen molar-refractivity contribution >= 4 is 21.6 Å². The first-order valence-electron chi connectivity index (χ1n) is 8.34. The van der Waals surface area contributed by atoms with Crippen LogP contribution in [0.4, 0.5) is 0 Å². The molecule has 0 N–H and O–H groups in total. The molecule has 1 aliphatic rings. The maximum atomic E-state index is 12.8. The van der Waals surface area contributed by atoms with E-state index >= 15 is 0 Å². The number of aromatic nitrogens is 2. The molecule has 124 valence electrons. The smallest absolute Gasteiger partial charge is 0.262 e. The van der Waals surface area contributed by atoms with Crippen LogP contribution in [-0.2, 0) is 19.4 Å². The number of rotatable bonds is 4. The number of fused-ring (bicyclic) bond motifs is 3. The Hall–Kier alpha value is -2.14. The molecule has 5 heteroatoms. The summed E-state index contributed by atoms with van der Waals surface area (Å²) in [7, 11) is 0. The van der Waals surface area contributed by atoms with Gasteiger partial charge in [0.1, 0.15) is 17.2 Å². The van der Waals surface area contributed by atoms with Gasteiger partial charge < -0.3 is 4.74 Å². The summed E-state index contributed by atoms with van der Waals surface area (Å²) in [6.07, 6.45) is 4.91. The lowest BCUT2D eigenvalue weighted by molar-refractivity contribution is 0.292. The van der Waals surface area contributed by atoms with Crippen molar-refractivity contribution in [3.63, 3.8) is 0 Å². The Morgan fingerprint density at radius 1 is 1.25 bits per heavy atom. The lowest BCUT2D eigenvalue weighted by Gasteiger charge is -2.12. The molecule has 0 radical (unpaired) electrons. The van der Waals surface area contributed by atoms with E-state index in [0.717, 1.165) is 46.4 Å². The van der Waals surface area contributed by atoms with Gasteiger partial charge in [0.2, 0.25) is 0 Å². The molecule has 0 amide bonds. The Bertz CT molecular complexity index is 951. The molecular weight excluding hydrogens is 320 g/mol. The van der Waals surface area contributed by atoms with Crippen LogP contribution in [0, 0.1) is 13.8 Å². The quantitative estimate of drug-likeness (QED) is 0.728. The Balaban J connectivity index is 1.57. The topological polar surface area (TPSA) is 44.1 Å². The van der Waals surface area contributed by atoms with Crippen molar-refractivity contribution in [2.75, 3.05) is 6.61 Å². The van der Waals surface area contributed by atoms with Gasteiger partial charge in [0.25, 0.3) is 5.56 Å². The maximum Gasteiger partial charge on any atom is 0.262 e. The number of benzene rings is 1. The van der Waals surface area contributed by atoms with E-state index in [-0.39, 0.29) is 5.56 Å². The number of hydrogen-bond acceptors (Lipinski definition) is 4. The normalized spacial score (nSPS) is 13.4. The first-order valence-corrected chi connectivity index (χ1v) is 9.15. The van der Waals surface area contributed by atoms with Gasteiger partial charge in [0.05, 0.1) is 18.3 Å².